The van der Waals surface area contributed by atoms with Gasteiger partial charge in [-0.2, -0.15) is 0 Å². The van der Waals surface area contributed by atoms with Gasteiger partial charge in [0.25, 0.3) is 0 Å². The lowest BCUT2D eigenvalue weighted by atomic mass is 10.0. The van der Waals surface area contributed by atoms with Gasteiger partial charge in [-0.3, -0.25) is 4.79 Å². The van der Waals surface area contributed by atoms with Gasteiger partial charge in [0.05, 0.1) is 12.5 Å². The minimum Gasteiger partial charge on any atom is -0.378 e. The highest BCUT2D eigenvalue weighted by Crippen LogP contribution is 2.26. The van der Waals surface area contributed by atoms with Crippen molar-refractivity contribution in [3.05, 3.63) is 29.8 Å². The van der Waals surface area contributed by atoms with Crippen LogP contribution in [0.2, 0.25) is 0 Å². The fourth-order valence-electron chi connectivity index (χ4n) is 3.26. The molecule has 3 rings (SSSR count). The lowest BCUT2D eigenvalue weighted by molar-refractivity contribution is -0.123. The van der Waals surface area contributed by atoms with Crippen LogP contribution >= 0.6 is 0 Å². The van der Waals surface area contributed by atoms with Crippen LogP contribution in [0.1, 0.15) is 31.2 Å². The van der Waals surface area contributed by atoms with Crippen LogP contribution in [0.3, 0.4) is 0 Å². The number of nitrogens with zero attached hydrogens (tertiary/aromatic N) is 1. The molecule has 2 heterocycles. The van der Waals surface area contributed by atoms with Crippen molar-refractivity contribution in [2.75, 3.05) is 31.1 Å². The highest BCUT2D eigenvalue weighted by Gasteiger charge is 2.19. The molecule has 0 spiro atoms. The van der Waals surface area contributed by atoms with E-state index in [9.17, 15) is 4.79 Å². The van der Waals surface area contributed by atoms with Gasteiger partial charge in [-0.15, -0.1) is 0 Å². The van der Waals surface area contributed by atoms with Crippen molar-refractivity contribution < 1.29 is 9.53 Å². The number of aryl methyl sites for hydroxylation is 1. The third-order valence-corrected chi connectivity index (χ3v) is 4.35. The predicted molar refractivity (Wildman–Crippen MR) is 83.6 cm³/mol. The number of ether oxygens (including phenoxy) is 1. The van der Waals surface area contributed by atoms with E-state index in [0.717, 1.165) is 39.0 Å². The molecule has 4 heteroatoms. The molecule has 21 heavy (non-hydrogen) atoms. The summed E-state index contributed by atoms with van der Waals surface area (Å²) in [7, 11) is 0. The van der Waals surface area contributed by atoms with Gasteiger partial charge in [0.15, 0.2) is 0 Å². The van der Waals surface area contributed by atoms with Gasteiger partial charge < -0.3 is 15.0 Å². The average molecular weight is 288 g/mol. The van der Waals surface area contributed by atoms with Crippen molar-refractivity contribution >= 4 is 11.6 Å². The molecule has 1 amide bonds. The number of fused-ring (bicyclic) bond motifs is 1. The molecule has 114 valence electrons. The third kappa shape index (κ3) is 3.76. The normalized spacial score (nSPS) is 21.1. The van der Waals surface area contributed by atoms with E-state index in [1.807, 2.05) is 0 Å². The van der Waals surface area contributed by atoms with E-state index in [-0.39, 0.29) is 12.0 Å². The van der Waals surface area contributed by atoms with Gasteiger partial charge in [-0.1, -0.05) is 18.2 Å². The maximum atomic E-state index is 11.9. The monoisotopic (exact) mass is 288 g/mol. The van der Waals surface area contributed by atoms with Crippen molar-refractivity contribution in [2.45, 2.75) is 38.2 Å². The molecule has 1 fully saturated rings. The Balaban J connectivity index is 1.44. The first-order valence-electron chi connectivity index (χ1n) is 8.04. The Hall–Kier alpha value is -1.55. The summed E-state index contributed by atoms with van der Waals surface area (Å²) in [4.78, 5) is 14.3. The molecule has 0 aliphatic carbocycles. The lowest BCUT2D eigenvalue weighted by Crippen LogP contribution is -2.38. The summed E-state index contributed by atoms with van der Waals surface area (Å²) in [5, 5.41) is 3.03. The van der Waals surface area contributed by atoms with Gasteiger partial charge in [0.1, 0.15) is 0 Å². The Labute approximate surface area is 126 Å². The molecule has 0 saturated carbocycles. The Bertz CT molecular complexity index is 483. The third-order valence-electron chi connectivity index (χ3n) is 4.35. The van der Waals surface area contributed by atoms with E-state index in [2.05, 4.69) is 34.5 Å². The second-order valence-electron chi connectivity index (χ2n) is 5.91. The van der Waals surface area contributed by atoms with Crippen LogP contribution in [0.25, 0.3) is 0 Å². The first-order valence-corrected chi connectivity index (χ1v) is 8.04. The number of carbonyl (C=O) groups is 1. The van der Waals surface area contributed by atoms with Crippen molar-refractivity contribution in [1.82, 2.24) is 5.32 Å². The fourth-order valence-corrected chi connectivity index (χ4v) is 3.26. The number of hydrogen-bond donors (Lipinski definition) is 1. The van der Waals surface area contributed by atoms with Crippen LogP contribution in [0.4, 0.5) is 5.69 Å². The minimum atomic E-state index is 0.118. The number of carbonyl (C=O) groups excluding carboxylic acids is 1. The Kier molecular flexibility index (Phi) is 4.76. The predicted octanol–water partition coefficient (Wildman–Crippen LogP) is 2.12. The lowest BCUT2D eigenvalue weighted by Gasteiger charge is -2.31. The molecule has 0 bridgehead atoms. The summed E-state index contributed by atoms with van der Waals surface area (Å²) in [6, 6.07) is 8.58. The quantitative estimate of drug-likeness (QED) is 0.902. The van der Waals surface area contributed by atoms with E-state index < -0.39 is 0 Å². The SMILES string of the molecule is O=C(C[C@H]1CCCO1)NCCN1CCCc2ccccc21. The van der Waals surface area contributed by atoms with E-state index in [4.69, 9.17) is 4.74 Å². The summed E-state index contributed by atoms with van der Waals surface area (Å²) in [6.45, 7) is 3.48. The summed E-state index contributed by atoms with van der Waals surface area (Å²) in [6.07, 6.45) is 5.12. The van der Waals surface area contributed by atoms with Gasteiger partial charge in [0, 0.05) is 31.9 Å². The van der Waals surface area contributed by atoms with Crippen LogP contribution in [-0.4, -0.2) is 38.3 Å². The summed E-state index contributed by atoms with van der Waals surface area (Å²) in [5.74, 6) is 0.118. The van der Waals surface area contributed by atoms with Crippen molar-refractivity contribution in [3.8, 4) is 0 Å². The molecule has 2 aliphatic heterocycles. The summed E-state index contributed by atoms with van der Waals surface area (Å²) < 4.78 is 5.50. The zero-order valence-corrected chi connectivity index (χ0v) is 12.5. The van der Waals surface area contributed by atoms with Crippen LogP contribution in [-0.2, 0) is 16.0 Å². The summed E-state index contributed by atoms with van der Waals surface area (Å²) >= 11 is 0. The second kappa shape index (κ2) is 6.94. The number of benzene rings is 1. The topological polar surface area (TPSA) is 41.6 Å². The smallest absolute Gasteiger partial charge is 0.222 e. The van der Waals surface area contributed by atoms with Gasteiger partial charge >= 0.3 is 0 Å². The van der Waals surface area contributed by atoms with Crippen molar-refractivity contribution in [2.24, 2.45) is 0 Å². The van der Waals surface area contributed by atoms with Crippen LogP contribution in [0, 0.1) is 0 Å². The molecule has 2 aliphatic rings. The Morgan fingerprint density at radius 3 is 3.10 bits per heavy atom. The number of hydrogen-bond acceptors (Lipinski definition) is 3. The molecule has 0 aromatic heterocycles. The van der Waals surface area contributed by atoms with E-state index in [1.165, 1.54) is 17.7 Å². The molecule has 0 unspecified atom stereocenters. The molecule has 1 atom stereocenters. The minimum absolute atomic E-state index is 0.118. The molecule has 0 radical (unpaired) electrons. The van der Waals surface area contributed by atoms with Gasteiger partial charge in [0.2, 0.25) is 5.91 Å². The van der Waals surface area contributed by atoms with E-state index >= 15 is 0 Å². The zero-order valence-electron chi connectivity index (χ0n) is 12.5. The molecule has 4 nitrogen and oxygen atoms in total. The van der Waals surface area contributed by atoms with Crippen molar-refractivity contribution in [3.63, 3.8) is 0 Å². The largest absolute Gasteiger partial charge is 0.378 e. The highest BCUT2D eigenvalue weighted by atomic mass is 16.5. The number of amides is 1. The van der Waals surface area contributed by atoms with Gasteiger partial charge in [-0.05, 0) is 37.3 Å². The van der Waals surface area contributed by atoms with Crippen LogP contribution in [0.5, 0.6) is 0 Å². The average Bonchev–Trinajstić information content (AvgIpc) is 3.00. The number of anilines is 1. The van der Waals surface area contributed by atoms with Gasteiger partial charge in [-0.25, -0.2) is 0 Å². The maximum Gasteiger partial charge on any atom is 0.222 e. The summed E-state index contributed by atoms with van der Waals surface area (Å²) in [5.41, 5.74) is 2.76. The first kappa shape index (κ1) is 14.4. The molecule has 1 N–H and O–H groups in total. The maximum absolute atomic E-state index is 11.9. The van der Waals surface area contributed by atoms with Crippen LogP contribution in [0.15, 0.2) is 24.3 Å². The number of para-hydroxylation sites is 1. The zero-order chi connectivity index (χ0) is 14.5. The molecule has 1 aromatic carbocycles. The Morgan fingerprint density at radius 2 is 2.24 bits per heavy atom. The van der Waals surface area contributed by atoms with Crippen LogP contribution < -0.4 is 10.2 Å². The molecular weight excluding hydrogens is 264 g/mol. The van der Waals surface area contributed by atoms with E-state index in [0.29, 0.717) is 13.0 Å². The highest BCUT2D eigenvalue weighted by molar-refractivity contribution is 5.76. The Morgan fingerprint density at radius 1 is 1.33 bits per heavy atom. The molecule has 1 saturated heterocycles. The first-order chi connectivity index (χ1) is 10.3. The number of nitrogens with one attached hydrogen (secondary N) is 1. The molecular formula is C17H24N2O2. The number of rotatable bonds is 5. The second-order valence-corrected chi connectivity index (χ2v) is 5.91. The molecule has 1 aromatic rings. The standard InChI is InChI=1S/C17H24N2O2/c20-17(13-15-7-4-12-21-15)18-9-11-19-10-3-6-14-5-1-2-8-16(14)19/h1-2,5,8,15H,3-4,6-7,9-13H2,(H,18,20)/t15-/m1/s1. The van der Waals surface area contributed by atoms with E-state index in [1.54, 1.807) is 0 Å². The fraction of sp³-hybridized carbons (Fsp3) is 0.588. The van der Waals surface area contributed by atoms with Crippen molar-refractivity contribution in [1.29, 1.82) is 0 Å².